The lowest BCUT2D eigenvalue weighted by molar-refractivity contribution is 0.249. The first-order valence-corrected chi connectivity index (χ1v) is 12.1. The van der Waals surface area contributed by atoms with Crippen LogP contribution in [0.2, 0.25) is 5.02 Å². The molecule has 0 saturated carbocycles. The summed E-state index contributed by atoms with van der Waals surface area (Å²) in [5.41, 5.74) is 7.18. The molecule has 2 aliphatic heterocycles. The third-order valence-corrected chi connectivity index (χ3v) is 7.58. The molecule has 3 aromatic rings. The number of aromatic nitrogens is 1. The maximum atomic E-state index is 6.41. The number of anilines is 1. The predicted octanol–water partition coefficient (Wildman–Crippen LogP) is 6.48. The molecule has 31 heavy (non-hydrogen) atoms. The normalized spacial score (nSPS) is 18.2. The van der Waals surface area contributed by atoms with Crippen LogP contribution in [0.4, 0.5) is 5.69 Å². The van der Waals surface area contributed by atoms with Crippen molar-refractivity contribution in [3.63, 3.8) is 0 Å². The van der Waals surface area contributed by atoms with Crippen LogP contribution in [-0.4, -0.2) is 42.6 Å². The van der Waals surface area contributed by atoms with Crippen LogP contribution in [-0.2, 0) is 0 Å². The highest BCUT2D eigenvalue weighted by Gasteiger charge is 2.25. The topological polar surface area (TPSA) is 19.4 Å². The molecule has 2 saturated heterocycles. The zero-order valence-corrected chi connectivity index (χ0v) is 19.5. The van der Waals surface area contributed by atoms with E-state index in [4.69, 9.17) is 16.6 Å². The molecule has 2 fully saturated rings. The maximum absolute atomic E-state index is 6.41. The van der Waals surface area contributed by atoms with Gasteiger partial charge in [-0.05, 0) is 99.0 Å². The van der Waals surface area contributed by atoms with Crippen molar-refractivity contribution in [3.05, 3.63) is 58.7 Å². The van der Waals surface area contributed by atoms with Crippen molar-refractivity contribution in [2.45, 2.75) is 39.5 Å². The molecule has 0 atom stereocenters. The molecule has 4 heteroatoms. The van der Waals surface area contributed by atoms with Crippen molar-refractivity contribution in [1.29, 1.82) is 0 Å². The van der Waals surface area contributed by atoms with Gasteiger partial charge in [0.2, 0.25) is 0 Å². The largest absolute Gasteiger partial charge is 0.371 e. The minimum absolute atomic E-state index is 0.820. The lowest BCUT2D eigenvalue weighted by atomic mass is 9.94. The van der Waals surface area contributed by atoms with Crippen molar-refractivity contribution in [1.82, 2.24) is 9.88 Å². The number of hydrogen-bond acceptors (Lipinski definition) is 3. The number of rotatable bonds is 4. The summed E-state index contributed by atoms with van der Waals surface area (Å²) in [5, 5.41) is 2.08. The van der Waals surface area contributed by atoms with Crippen molar-refractivity contribution in [2.24, 2.45) is 5.92 Å². The van der Waals surface area contributed by atoms with Crippen molar-refractivity contribution in [2.75, 3.05) is 37.6 Å². The van der Waals surface area contributed by atoms with Crippen molar-refractivity contribution < 1.29 is 0 Å². The molecule has 3 nitrogen and oxygen atoms in total. The van der Waals surface area contributed by atoms with Gasteiger partial charge in [-0.1, -0.05) is 29.8 Å². The Morgan fingerprint density at radius 3 is 2.35 bits per heavy atom. The van der Waals surface area contributed by atoms with Crippen LogP contribution in [0.3, 0.4) is 0 Å². The fraction of sp³-hybridized carbons (Fsp3) is 0.444. The van der Waals surface area contributed by atoms with Crippen LogP contribution in [0.15, 0.2) is 42.6 Å². The quantitative estimate of drug-likeness (QED) is 0.469. The van der Waals surface area contributed by atoms with E-state index >= 15 is 0 Å². The van der Waals surface area contributed by atoms with Gasteiger partial charge in [0.1, 0.15) is 0 Å². The minimum Gasteiger partial charge on any atom is -0.371 e. The second-order valence-corrected chi connectivity index (χ2v) is 9.83. The summed E-state index contributed by atoms with van der Waals surface area (Å²) < 4.78 is 0. The molecule has 0 aliphatic carbocycles. The van der Waals surface area contributed by atoms with Gasteiger partial charge in [-0.3, -0.25) is 4.98 Å². The Morgan fingerprint density at radius 2 is 1.61 bits per heavy atom. The molecule has 3 heterocycles. The summed E-state index contributed by atoms with van der Waals surface area (Å²) >= 11 is 6.41. The lowest BCUT2D eigenvalue weighted by Gasteiger charge is -2.36. The lowest BCUT2D eigenvalue weighted by Crippen LogP contribution is -2.38. The summed E-state index contributed by atoms with van der Waals surface area (Å²) in [4.78, 5) is 10.0. The Labute approximate surface area is 191 Å². The molecule has 0 spiro atoms. The zero-order chi connectivity index (χ0) is 21.4. The van der Waals surface area contributed by atoms with Crippen LogP contribution in [0.1, 0.15) is 36.8 Å². The number of nitrogens with zero attached hydrogens (tertiary/aromatic N) is 3. The van der Waals surface area contributed by atoms with Gasteiger partial charge < -0.3 is 9.80 Å². The van der Waals surface area contributed by atoms with Crippen molar-refractivity contribution >= 4 is 28.2 Å². The van der Waals surface area contributed by atoms with E-state index in [1.807, 2.05) is 13.1 Å². The fourth-order valence-corrected chi connectivity index (χ4v) is 5.50. The van der Waals surface area contributed by atoms with E-state index in [-0.39, 0.29) is 0 Å². The van der Waals surface area contributed by atoms with Gasteiger partial charge in [-0.2, -0.15) is 0 Å². The molecule has 5 rings (SSSR count). The van der Waals surface area contributed by atoms with Gasteiger partial charge >= 0.3 is 0 Å². The molecule has 1 aromatic heterocycles. The molecule has 0 N–H and O–H groups in total. The Bertz CT molecular complexity index is 1080. The smallest absolute Gasteiger partial charge is 0.0723 e. The summed E-state index contributed by atoms with van der Waals surface area (Å²) in [6.07, 6.45) is 7.38. The predicted molar refractivity (Wildman–Crippen MR) is 132 cm³/mol. The monoisotopic (exact) mass is 433 g/mol. The number of pyridine rings is 1. The van der Waals surface area contributed by atoms with Gasteiger partial charge in [0.15, 0.2) is 0 Å². The Hall–Kier alpha value is -2.10. The van der Waals surface area contributed by atoms with E-state index in [1.165, 1.54) is 67.5 Å². The second-order valence-electron chi connectivity index (χ2n) is 9.42. The molecule has 0 unspecified atom stereocenters. The number of piperidine rings is 1. The zero-order valence-electron chi connectivity index (χ0n) is 18.7. The highest BCUT2D eigenvalue weighted by Crippen LogP contribution is 2.35. The third kappa shape index (κ3) is 4.31. The van der Waals surface area contributed by atoms with Crippen molar-refractivity contribution in [3.8, 4) is 11.1 Å². The number of halogens is 1. The van der Waals surface area contributed by atoms with Crippen LogP contribution < -0.4 is 4.90 Å². The Morgan fingerprint density at radius 1 is 0.903 bits per heavy atom. The molecule has 0 radical (unpaired) electrons. The van der Waals surface area contributed by atoms with E-state index in [1.54, 1.807) is 0 Å². The SMILES string of the molecule is Cc1ccc(-c2ccc3ncc(C)c(N4CCC(CN5CCCC5)CC4)c3c2)cc1Cl. The first-order valence-electron chi connectivity index (χ1n) is 11.7. The molecule has 0 bridgehead atoms. The van der Waals surface area contributed by atoms with Gasteiger partial charge in [0.05, 0.1) is 11.2 Å². The third-order valence-electron chi connectivity index (χ3n) is 7.17. The number of benzene rings is 2. The first kappa shape index (κ1) is 20.8. The maximum Gasteiger partial charge on any atom is 0.0723 e. The standard InChI is InChI=1S/C27H32ClN3/c1-19-5-6-23(16-25(19)28)22-7-8-26-24(15-22)27(20(2)17-29-26)31-13-9-21(10-14-31)18-30-11-3-4-12-30/h5-8,15-17,21H,3-4,9-14,18H2,1-2H3. The number of aryl methyl sites for hydroxylation is 2. The van der Waals surface area contributed by atoms with Gasteiger partial charge in [-0.15, -0.1) is 0 Å². The summed E-state index contributed by atoms with van der Waals surface area (Å²) in [5.74, 6) is 0.841. The van der Waals surface area contributed by atoms with E-state index in [9.17, 15) is 0 Å². The van der Waals surface area contributed by atoms with Crippen LogP contribution in [0.5, 0.6) is 0 Å². The van der Waals surface area contributed by atoms with E-state index in [0.717, 1.165) is 40.7 Å². The van der Waals surface area contributed by atoms with Gasteiger partial charge in [0.25, 0.3) is 0 Å². The molecule has 2 aliphatic rings. The molecule has 162 valence electrons. The summed E-state index contributed by atoms with van der Waals surface area (Å²) in [7, 11) is 0. The van der Waals surface area contributed by atoms with E-state index in [0.29, 0.717) is 0 Å². The van der Waals surface area contributed by atoms with Crippen LogP contribution in [0, 0.1) is 19.8 Å². The summed E-state index contributed by atoms with van der Waals surface area (Å²) in [6.45, 7) is 10.4. The van der Waals surface area contributed by atoms with E-state index in [2.05, 4.69) is 53.1 Å². The van der Waals surface area contributed by atoms with Gasteiger partial charge in [-0.25, -0.2) is 0 Å². The number of hydrogen-bond donors (Lipinski definition) is 0. The van der Waals surface area contributed by atoms with Crippen LogP contribution >= 0.6 is 11.6 Å². The fourth-order valence-electron chi connectivity index (χ4n) is 5.32. The first-order chi connectivity index (χ1) is 15.1. The molecular formula is C27H32ClN3. The summed E-state index contributed by atoms with van der Waals surface area (Å²) in [6, 6.07) is 13.0. The average Bonchev–Trinajstić information content (AvgIpc) is 3.29. The highest BCUT2D eigenvalue weighted by atomic mass is 35.5. The molecule has 0 amide bonds. The molecular weight excluding hydrogens is 402 g/mol. The average molecular weight is 434 g/mol. The Kier molecular flexibility index (Phi) is 5.90. The number of likely N-dealkylation sites (tertiary alicyclic amines) is 1. The Balaban J connectivity index is 1.42. The second kappa shape index (κ2) is 8.80. The highest BCUT2D eigenvalue weighted by molar-refractivity contribution is 6.31. The minimum atomic E-state index is 0.820. The van der Waals surface area contributed by atoms with Gasteiger partial charge in [0, 0.05) is 36.2 Å². The van der Waals surface area contributed by atoms with Crippen LogP contribution in [0.25, 0.3) is 22.0 Å². The van der Waals surface area contributed by atoms with E-state index < -0.39 is 0 Å². The number of fused-ring (bicyclic) bond motifs is 1. The molecule has 2 aromatic carbocycles.